The number of ether oxygens (including phenoxy) is 2. The average Bonchev–Trinajstić information content (AvgIpc) is 3.22. The summed E-state index contributed by atoms with van der Waals surface area (Å²) < 4.78 is 12.8. The first-order chi connectivity index (χ1) is 17.8. The highest BCUT2D eigenvalue weighted by Gasteiger charge is 2.39. The summed E-state index contributed by atoms with van der Waals surface area (Å²) in [5.74, 6) is 2.48. The molecule has 2 atom stereocenters. The number of likely N-dealkylation sites (tertiary alicyclic amines) is 1. The summed E-state index contributed by atoms with van der Waals surface area (Å²) in [6, 6.07) is 4.41. The van der Waals surface area contributed by atoms with E-state index in [9.17, 15) is 4.79 Å². The van der Waals surface area contributed by atoms with Crippen molar-refractivity contribution in [3.8, 4) is 11.5 Å². The molecule has 2 aliphatic heterocycles. The number of benzene rings is 1. The second kappa shape index (κ2) is 14.2. The summed E-state index contributed by atoms with van der Waals surface area (Å²) in [5, 5.41) is 0. The molecule has 2 unspecified atom stereocenters. The first kappa shape index (κ1) is 31.0. The molecule has 1 fully saturated rings. The summed E-state index contributed by atoms with van der Waals surface area (Å²) in [7, 11) is 0. The van der Waals surface area contributed by atoms with Crippen LogP contribution in [0.2, 0.25) is 0 Å². The molecule has 1 aliphatic carbocycles. The number of allylic oxidation sites excluding steroid dienone is 1. The van der Waals surface area contributed by atoms with Crippen LogP contribution >= 0.6 is 12.4 Å². The molecule has 38 heavy (non-hydrogen) atoms. The van der Waals surface area contributed by atoms with Crippen LogP contribution in [0.1, 0.15) is 135 Å². The minimum atomic E-state index is -0.304. The molecular weight excluding hydrogens is 494 g/mol. The molecule has 2 heterocycles. The first-order valence-corrected chi connectivity index (χ1v) is 15.3. The third kappa shape index (κ3) is 7.56. The van der Waals surface area contributed by atoms with Crippen molar-refractivity contribution in [2.45, 2.75) is 130 Å². The Kier molecular flexibility index (Phi) is 11.6. The van der Waals surface area contributed by atoms with Gasteiger partial charge in [0.1, 0.15) is 17.1 Å². The van der Waals surface area contributed by atoms with E-state index < -0.39 is 0 Å². The molecule has 0 amide bonds. The minimum Gasteiger partial charge on any atom is -0.483 e. The third-order valence-electron chi connectivity index (χ3n) is 9.12. The zero-order chi connectivity index (χ0) is 26.4. The summed E-state index contributed by atoms with van der Waals surface area (Å²) in [4.78, 5) is 15.6. The van der Waals surface area contributed by atoms with Crippen molar-refractivity contribution in [1.29, 1.82) is 0 Å². The van der Waals surface area contributed by atoms with E-state index in [4.69, 9.17) is 9.47 Å². The molecule has 214 valence electrons. The zero-order valence-electron chi connectivity index (χ0n) is 24.7. The molecule has 0 bridgehead atoms. The number of unbranched alkanes of at least 4 members (excludes halogenated alkanes) is 2. The number of fused-ring (bicyclic) bond motifs is 2. The van der Waals surface area contributed by atoms with E-state index in [1.807, 2.05) is 0 Å². The van der Waals surface area contributed by atoms with E-state index in [0.717, 1.165) is 49.3 Å². The highest BCUT2D eigenvalue weighted by molar-refractivity contribution is 5.85. The molecule has 0 spiro atoms. The van der Waals surface area contributed by atoms with Crippen LogP contribution in [-0.2, 0) is 4.79 Å². The Morgan fingerprint density at radius 2 is 1.76 bits per heavy atom. The molecular formula is C33H52ClNO3. The number of nitrogens with zero attached hydrogens (tertiary/aromatic N) is 1. The summed E-state index contributed by atoms with van der Waals surface area (Å²) in [6.07, 6.45) is 14.9. The van der Waals surface area contributed by atoms with Gasteiger partial charge in [0.15, 0.2) is 0 Å². The molecule has 0 aromatic heterocycles. The van der Waals surface area contributed by atoms with E-state index >= 15 is 0 Å². The fraction of sp³-hybridized carbons (Fsp3) is 0.727. The normalized spacial score (nSPS) is 20.4. The Morgan fingerprint density at radius 1 is 1.03 bits per heavy atom. The summed E-state index contributed by atoms with van der Waals surface area (Å²) in [6.45, 7) is 14.6. The van der Waals surface area contributed by atoms with Crippen LogP contribution < -0.4 is 9.47 Å². The van der Waals surface area contributed by atoms with Gasteiger partial charge in [-0.1, -0.05) is 59.3 Å². The molecule has 1 aromatic rings. The van der Waals surface area contributed by atoms with E-state index in [-0.39, 0.29) is 24.0 Å². The van der Waals surface area contributed by atoms with E-state index in [0.29, 0.717) is 18.3 Å². The van der Waals surface area contributed by atoms with Gasteiger partial charge in [-0.2, -0.15) is 0 Å². The standard InChI is InChI=1S/C33H51NO3.ClH/c1-6-7-10-15-24(2)25(3)26-22-29(36-31(35)18-14-21-34-19-11-8-9-12-20-34)32-27-16-13-17-28(27)33(4,5)37-30(32)23-26;/h22-25H,6-21H2,1-5H3;1H. The minimum absolute atomic E-state index is 0. The van der Waals surface area contributed by atoms with Crippen molar-refractivity contribution in [2.24, 2.45) is 5.92 Å². The van der Waals surface area contributed by atoms with Gasteiger partial charge in [0.25, 0.3) is 0 Å². The number of carbonyl (C=O) groups is 1. The van der Waals surface area contributed by atoms with Crippen LogP contribution in [0.4, 0.5) is 0 Å². The summed E-state index contributed by atoms with van der Waals surface area (Å²) >= 11 is 0. The van der Waals surface area contributed by atoms with Crippen LogP contribution in [0, 0.1) is 5.92 Å². The van der Waals surface area contributed by atoms with Gasteiger partial charge in [0.05, 0.1) is 5.56 Å². The lowest BCUT2D eigenvalue weighted by Crippen LogP contribution is -2.34. The summed E-state index contributed by atoms with van der Waals surface area (Å²) in [5.41, 5.74) is 4.71. The van der Waals surface area contributed by atoms with E-state index in [1.54, 1.807) is 0 Å². The third-order valence-corrected chi connectivity index (χ3v) is 9.12. The average molecular weight is 546 g/mol. The SMILES string of the molecule is CCCCCC(C)C(C)c1cc(OC(=O)CCCN2CCCCCC2)c2c(c1)OC(C)(C)C1=C2CCC1.Cl. The maximum Gasteiger partial charge on any atom is 0.311 e. The molecule has 1 aromatic carbocycles. The lowest BCUT2D eigenvalue weighted by molar-refractivity contribution is -0.134. The fourth-order valence-corrected chi connectivity index (χ4v) is 6.63. The predicted octanol–water partition coefficient (Wildman–Crippen LogP) is 9.10. The molecule has 3 aliphatic rings. The molecule has 5 heteroatoms. The van der Waals surface area contributed by atoms with Crippen LogP contribution in [0.5, 0.6) is 11.5 Å². The number of carbonyl (C=O) groups excluding carboxylic acids is 1. The smallest absolute Gasteiger partial charge is 0.311 e. The Bertz CT molecular complexity index is 961. The zero-order valence-corrected chi connectivity index (χ0v) is 25.5. The molecule has 1 saturated heterocycles. The Balaban J connectivity index is 0.00000400. The van der Waals surface area contributed by atoms with Crippen molar-refractivity contribution in [1.82, 2.24) is 4.90 Å². The van der Waals surface area contributed by atoms with Gasteiger partial charge in [-0.05, 0) is 113 Å². The van der Waals surface area contributed by atoms with E-state index in [2.05, 4.69) is 51.7 Å². The van der Waals surface area contributed by atoms with Crippen molar-refractivity contribution < 1.29 is 14.3 Å². The maximum absolute atomic E-state index is 13.1. The van der Waals surface area contributed by atoms with Gasteiger partial charge in [0.2, 0.25) is 0 Å². The van der Waals surface area contributed by atoms with Crippen LogP contribution in [0.25, 0.3) is 5.57 Å². The highest BCUT2D eigenvalue weighted by atomic mass is 35.5. The Labute approximate surface area is 238 Å². The largest absolute Gasteiger partial charge is 0.483 e. The fourth-order valence-electron chi connectivity index (χ4n) is 6.63. The molecule has 4 rings (SSSR count). The van der Waals surface area contributed by atoms with Gasteiger partial charge < -0.3 is 14.4 Å². The number of rotatable bonds is 11. The molecule has 0 N–H and O–H groups in total. The lowest BCUT2D eigenvalue weighted by atomic mass is 9.82. The van der Waals surface area contributed by atoms with Gasteiger partial charge >= 0.3 is 5.97 Å². The number of halogens is 1. The maximum atomic E-state index is 13.1. The van der Waals surface area contributed by atoms with E-state index in [1.165, 1.54) is 81.2 Å². The van der Waals surface area contributed by atoms with Gasteiger partial charge in [-0.25, -0.2) is 0 Å². The number of hydrogen-bond acceptors (Lipinski definition) is 4. The van der Waals surface area contributed by atoms with Crippen LogP contribution in [0.3, 0.4) is 0 Å². The second-order valence-corrected chi connectivity index (χ2v) is 12.4. The first-order valence-electron chi connectivity index (χ1n) is 15.3. The predicted molar refractivity (Wildman–Crippen MR) is 161 cm³/mol. The van der Waals surface area contributed by atoms with Crippen LogP contribution in [0.15, 0.2) is 17.7 Å². The lowest BCUT2D eigenvalue weighted by Gasteiger charge is -2.36. The van der Waals surface area contributed by atoms with Crippen molar-refractivity contribution in [2.75, 3.05) is 19.6 Å². The second-order valence-electron chi connectivity index (χ2n) is 12.4. The van der Waals surface area contributed by atoms with Crippen LogP contribution in [-0.4, -0.2) is 36.1 Å². The van der Waals surface area contributed by atoms with Crippen molar-refractivity contribution >= 4 is 23.9 Å². The molecule has 4 nitrogen and oxygen atoms in total. The molecule has 0 saturated carbocycles. The number of esters is 1. The Hall–Kier alpha value is -1.52. The Morgan fingerprint density at radius 3 is 2.47 bits per heavy atom. The monoisotopic (exact) mass is 545 g/mol. The van der Waals surface area contributed by atoms with Gasteiger partial charge in [0, 0.05) is 6.42 Å². The highest BCUT2D eigenvalue weighted by Crippen LogP contribution is 2.52. The molecule has 0 radical (unpaired) electrons. The van der Waals surface area contributed by atoms with Gasteiger partial charge in [-0.15, -0.1) is 12.4 Å². The van der Waals surface area contributed by atoms with Crippen molar-refractivity contribution in [3.05, 3.63) is 28.8 Å². The van der Waals surface area contributed by atoms with Gasteiger partial charge in [-0.3, -0.25) is 4.79 Å². The van der Waals surface area contributed by atoms with Crippen molar-refractivity contribution in [3.63, 3.8) is 0 Å². The quantitative estimate of drug-likeness (QED) is 0.158. The topological polar surface area (TPSA) is 38.8 Å². The number of hydrogen-bond donors (Lipinski definition) is 0.